The molecule has 0 aliphatic carbocycles. The Morgan fingerprint density at radius 3 is 1.96 bits per heavy atom. The zero-order valence-electron chi connectivity index (χ0n) is 15.6. The lowest BCUT2D eigenvalue weighted by atomic mass is 10.1. The summed E-state index contributed by atoms with van der Waals surface area (Å²) in [7, 11) is 0. The van der Waals surface area contributed by atoms with Crippen LogP contribution in [0.25, 0.3) is 5.69 Å². The third-order valence-electron chi connectivity index (χ3n) is 4.35. The first-order chi connectivity index (χ1) is 12.3. The van der Waals surface area contributed by atoms with E-state index in [0.29, 0.717) is 31.7 Å². The molecule has 138 valence electrons. The number of carbonyl (C=O) groups is 2. The van der Waals surface area contributed by atoms with Crippen molar-refractivity contribution in [2.45, 2.75) is 26.3 Å². The summed E-state index contributed by atoms with van der Waals surface area (Å²) in [6.45, 7) is 8.09. The first-order valence-electron chi connectivity index (χ1n) is 8.93. The molecule has 0 spiro atoms. The summed E-state index contributed by atoms with van der Waals surface area (Å²) in [6.07, 6.45) is 3.94. The van der Waals surface area contributed by atoms with Gasteiger partial charge in [-0.1, -0.05) is 0 Å². The molecule has 6 heteroatoms. The van der Waals surface area contributed by atoms with E-state index >= 15 is 0 Å². The molecule has 1 aromatic carbocycles. The second-order valence-electron chi connectivity index (χ2n) is 7.60. The summed E-state index contributed by atoms with van der Waals surface area (Å²) in [5.41, 5.74) is 1.44. The molecule has 0 bridgehead atoms. The van der Waals surface area contributed by atoms with Gasteiger partial charge in [0.05, 0.1) is 0 Å². The maximum absolute atomic E-state index is 12.7. The van der Waals surface area contributed by atoms with Crippen LogP contribution in [-0.4, -0.2) is 58.0 Å². The summed E-state index contributed by atoms with van der Waals surface area (Å²) in [5.74, 6) is 0.0138. The van der Waals surface area contributed by atoms with Crippen LogP contribution in [0.3, 0.4) is 0 Å². The third kappa shape index (κ3) is 4.25. The Morgan fingerprint density at radius 2 is 1.42 bits per heavy atom. The number of urea groups is 1. The molecule has 2 aromatic rings. The highest BCUT2D eigenvalue weighted by atomic mass is 16.2. The zero-order valence-corrected chi connectivity index (χ0v) is 15.6. The minimum absolute atomic E-state index is 0.0138. The average molecular weight is 354 g/mol. The molecule has 1 fully saturated rings. The fraction of sp³-hybridized carbons (Fsp3) is 0.400. The van der Waals surface area contributed by atoms with Gasteiger partial charge in [-0.15, -0.1) is 0 Å². The van der Waals surface area contributed by atoms with Gasteiger partial charge in [-0.05, 0) is 57.2 Å². The van der Waals surface area contributed by atoms with Gasteiger partial charge in [0.15, 0.2) is 0 Å². The van der Waals surface area contributed by atoms with Crippen LogP contribution in [0, 0.1) is 0 Å². The Labute approximate surface area is 154 Å². The van der Waals surface area contributed by atoms with Crippen molar-refractivity contribution < 1.29 is 9.59 Å². The van der Waals surface area contributed by atoms with Crippen molar-refractivity contribution in [3.05, 3.63) is 54.4 Å². The van der Waals surface area contributed by atoms with Crippen molar-refractivity contribution in [1.29, 1.82) is 0 Å². The van der Waals surface area contributed by atoms with E-state index in [1.54, 1.807) is 4.90 Å². The number of carbonyl (C=O) groups excluding carboxylic acids is 2. The lowest BCUT2D eigenvalue weighted by molar-refractivity contribution is 0.0661. The highest BCUT2D eigenvalue weighted by Crippen LogP contribution is 2.14. The Bertz CT molecular complexity index is 752. The number of hydrogen-bond acceptors (Lipinski definition) is 2. The molecule has 1 aliphatic rings. The second kappa shape index (κ2) is 7.23. The quantitative estimate of drug-likeness (QED) is 0.901. The molecule has 2 heterocycles. The fourth-order valence-electron chi connectivity index (χ4n) is 2.98. The van der Waals surface area contributed by atoms with Gasteiger partial charge < -0.3 is 19.7 Å². The van der Waals surface area contributed by atoms with E-state index in [2.05, 4.69) is 5.32 Å². The zero-order chi connectivity index (χ0) is 18.7. The Hall–Kier alpha value is -2.76. The van der Waals surface area contributed by atoms with E-state index < -0.39 is 0 Å². The summed E-state index contributed by atoms with van der Waals surface area (Å²) in [6, 6.07) is 11.5. The lowest BCUT2D eigenvalue weighted by Gasteiger charge is -2.36. The van der Waals surface area contributed by atoms with Crippen LogP contribution >= 0.6 is 0 Å². The van der Waals surface area contributed by atoms with Crippen LogP contribution in [0.15, 0.2) is 48.8 Å². The van der Waals surface area contributed by atoms with Crippen LogP contribution < -0.4 is 5.32 Å². The molecule has 3 rings (SSSR count). The molecule has 26 heavy (non-hydrogen) atoms. The molecule has 0 radical (unpaired) electrons. The van der Waals surface area contributed by atoms with Gasteiger partial charge in [-0.3, -0.25) is 4.79 Å². The second-order valence-corrected chi connectivity index (χ2v) is 7.60. The van der Waals surface area contributed by atoms with Gasteiger partial charge in [0.1, 0.15) is 0 Å². The number of piperazine rings is 1. The molecule has 1 aromatic heterocycles. The topological polar surface area (TPSA) is 57.6 Å². The number of benzene rings is 1. The SMILES string of the molecule is CC(C)(C)NC(=O)N1CCN(C(=O)c2ccc(-n3cccc3)cc2)CC1. The maximum atomic E-state index is 12.7. The number of aromatic nitrogens is 1. The highest BCUT2D eigenvalue weighted by molar-refractivity contribution is 5.94. The number of nitrogens with zero attached hydrogens (tertiary/aromatic N) is 3. The Balaban J connectivity index is 1.57. The van der Waals surface area contributed by atoms with Crippen molar-refractivity contribution in [3.8, 4) is 5.69 Å². The monoisotopic (exact) mass is 354 g/mol. The van der Waals surface area contributed by atoms with Crippen LogP contribution in [-0.2, 0) is 0 Å². The number of nitrogens with one attached hydrogen (secondary N) is 1. The molecule has 6 nitrogen and oxygen atoms in total. The average Bonchev–Trinajstić information content (AvgIpc) is 3.14. The van der Waals surface area contributed by atoms with Gasteiger partial charge in [-0.2, -0.15) is 0 Å². The third-order valence-corrected chi connectivity index (χ3v) is 4.35. The standard InChI is InChI=1S/C20H26N4O2/c1-20(2,3)21-19(26)24-14-12-23(13-15-24)18(25)16-6-8-17(9-7-16)22-10-4-5-11-22/h4-11H,12-15H2,1-3H3,(H,21,26). The van der Waals surface area contributed by atoms with Gasteiger partial charge in [0.25, 0.3) is 5.91 Å². The predicted octanol–water partition coefficient (Wildman–Crippen LogP) is 2.74. The largest absolute Gasteiger partial charge is 0.335 e. The first kappa shape index (κ1) is 18.0. The minimum atomic E-state index is -0.258. The summed E-state index contributed by atoms with van der Waals surface area (Å²) in [4.78, 5) is 28.5. The van der Waals surface area contributed by atoms with E-state index in [1.807, 2.05) is 79.0 Å². The molecule has 0 atom stereocenters. The van der Waals surface area contributed by atoms with Crippen molar-refractivity contribution >= 4 is 11.9 Å². The molecule has 1 saturated heterocycles. The molecule has 3 amide bonds. The van der Waals surface area contributed by atoms with Crippen molar-refractivity contribution in [2.24, 2.45) is 0 Å². The fourth-order valence-corrected chi connectivity index (χ4v) is 2.98. The Kier molecular flexibility index (Phi) is 5.02. The smallest absolute Gasteiger partial charge is 0.317 e. The van der Waals surface area contributed by atoms with Gasteiger partial charge in [0, 0.05) is 55.4 Å². The predicted molar refractivity (Wildman–Crippen MR) is 102 cm³/mol. The number of amides is 3. The van der Waals surface area contributed by atoms with Crippen molar-refractivity contribution in [3.63, 3.8) is 0 Å². The van der Waals surface area contributed by atoms with E-state index in [0.717, 1.165) is 5.69 Å². The van der Waals surface area contributed by atoms with Crippen LogP contribution in [0.5, 0.6) is 0 Å². The highest BCUT2D eigenvalue weighted by Gasteiger charge is 2.26. The summed E-state index contributed by atoms with van der Waals surface area (Å²) >= 11 is 0. The van der Waals surface area contributed by atoms with E-state index in [-0.39, 0.29) is 17.5 Å². The van der Waals surface area contributed by atoms with E-state index in [1.165, 1.54) is 0 Å². The van der Waals surface area contributed by atoms with Crippen molar-refractivity contribution in [1.82, 2.24) is 19.7 Å². The van der Waals surface area contributed by atoms with Gasteiger partial charge in [-0.25, -0.2) is 4.79 Å². The summed E-state index contributed by atoms with van der Waals surface area (Å²) < 4.78 is 2.00. The summed E-state index contributed by atoms with van der Waals surface area (Å²) in [5, 5.41) is 2.97. The van der Waals surface area contributed by atoms with Crippen LogP contribution in [0.4, 0.5) is 4.79 Å². The first-order valence-corrected chi connectivity index (χ1v) is 8.93. The maximum Gasteiger partial charge on any atom is 0.317 e. The van der Waals surface area contributed by atoms with Gasteiger partial charge in [0.2, 0.25) is 0 Å². The molecular weight excluding hydrogens is 328 g/mol. The molecule has 1 N–H and O–H groups in total. The molecule has 0 unspecified atom stereocenters. The van der Waals surface area contributed by atoms with E-state index in [9.17, 15) is 9.59 Å². The van der Waals surface area contributed by atoms with Crippen LogP contribution in [0.1, 0.15) is 31.1 Å². The Morgan fingerprint density at radius 1 is 0.885 bits per heavy atom. The number of hydrogen-bond donors (Lipinski definition) is 1. The molecule has 1 aliphatic heterocycles. The van der Waals surface area contributed by atoms with Crippen molar-refractivity contribution in [2.75, 3.05) is 26.2 Å². The molecular formula is C20H26N4O2. The van der Waals surface area contributed by atoms with E-state index in [4.69, 9.17) is 0 Å². The van der Waals surface area contributed by atoms with Gasteiger partial charge >= 0.3 is 6.03 Å². The van der Waals surface area contributed by atoms with Crippen LogP contribution in [0.2, 0.25) is 0 Å². The number of rotatable bonds is 2. The normalized spacial score (nSPS) is 15.0. The lowest BCUT2D eigenvalue weighted by Crippen LogP contribution is -2.56. The minimum Gasteiger partial charge on any atom is -0.335 e. The molecule has 0 saturated carbocycles.